The number of nitrogen functional groups attached to an aromatic ring is 2. The Labute approximate surface area is 241 Å². The molecular weight excluding hydrogens is 560 g/mol. The highest BCUT2D eigenvalue weighted by molar-refractivity contribution is 5.94. The number of amides is 1. The summed E-state index contributed by atoms with van der Waals surface area (Å²) in [6.07, 6.45) is 7.21. The number of aliphatic hydroxyl groups is 1. The summed E-state index contributed by atoms with van der Waals surface area (Å²) in [4.78, 5) is 28.8. The van der Waals surface area contributed by atoms with Crippen LogP contribution in [0, 0.1) is 0 Å². The van der Waals surface area contributed by atoms with Crippen LogP contribution in [0.2, 0.25) is 0 Å². The van der Waals surface area contributed by atoms with Crippen LogP contribution in [0.3, 0.4) is 0 Å². The molecule has 0 bridgehead atoms. The summed E-state index contributed by atoms with van der Waals surface area (Å²) in [6, 6.07) is 6.72. The molecule has 0 aliphatic carbocycles. The molecule has 7 aromatic heterocycles. The zero-order chi connectivity index (χ0) is 29.9. The first kappa shape index (κ1) is 27.1. The van der Waals surface area contributed by atoms with Crippen molar-refractivity contribution >= 4 is 51.3 Å². The van der Waals surface area contributed by atoms with Crippen LogP contribution in [0.1, 0.15) is 23.9 Å². The Morgan fingerprint density at radius 2 is 1.67 bits per heavy atom. The van der Waals surface area contributed by atoms with Crippen molar-refractivity contribution in [2.45, 2.75) is 26.4 Å². The Morgan fingerprint density at radius 3 is 2.40 bits per heavy atom. The van der Waals surface area contributed by atoms with Gasteiger partial charge in [0.1, 0.15) is 0 Å². The highest BCUT2D eigenvalue weighted by Gasteiger charge is 2.17. The van der Waals surface area contributed by atoms with E-state index in [1.54, 1.807) is 30.7 Å². The van der Waals surface area contributed by atoms with Gasteiger partial charge in [0.05, 0.1) is 48.8 Å². The topological polar surface area (TPSA) is 244 Å². The number of rotatable bonds is 8. The first-order valence-electron chi connectivity index (χ1n) is 13.1. The molecule has 0 atom stereocenters. The lowest BCUT2D eigenvalue weighted by Gasteiger charge is -2.08. The quantitative estimate of drug-likeness (QED) is 0.158. The Bertz CT molecular complexity index is 2010. The van der Waals surface area contributed by atoms with E-state index in [2.05, 4.69) is 53.0 Å². The fraction of sp³-hybridized carbons (Fsp3) is 0.200. The number of fused-ring (bicyclic) bond motifs is 4. The molecule has 0 saturated carbocycles. The molecule has 7 aromatic rings. The van der Waals surface area contributed by atoms with Crippen molar-refractivity contribution in [2.75, 3.05) is 23.5 Å². The van der Waals surface area contributed by atoms with Crippen molar-refractivity contribution in [3.63, 3.8) is 0 Å². The Kier molecular flexibility index (Phi) is 7.23. The van der Waals surface area contributed by atoms with Crippen molar-refractivity contribution in [3.8, 4) is 11.6 Å². The van der Waals surface area contributed by atoms with Gasteiger partial charge in [-0.1, -0.05) is 6.92 Å². The van der Waals surface area contributed by atoms with E-state index < -0.39 is 5.91 Å². The van der Waals surface area contributed by atoms with E-state index in [1.807, 2.05) is 4.68 Å². The highest BCUT2D eigenvalue weighted by atomic mass is 16.3. The minimum absolute atomic E-state index is 0.0157. The average Bonchev–Trinajstić information content (AvgIpc) is 3.82. The van der Waals surface area contributed by atoms with Crippen LogP contribution in [0.5, 0.6) is 0 Å². The van der Waals surface area contributed by atoms with E-state index in [-0.39, 0.29) is 30.8 Å². The number of aromatic nitrogens is 10. The second kappa shape index (κ2) is 11.4. The molecule has 0 aliphatic rings. The standard InChI is InChI=1S/C13H13N7O.C12H13N7O3/c1-2-5-19-11-8(7-15-19)12-16-10(9-4-3-6-21-9)18-20(12)13(14)17-11;13-12-15-9(17-18-11(21)8-2-1-5-22-8)7-6-14-19(3-4-20)10(7)16-12/h3-4,6-7H,2,5H2,1H3,(H2,14,17);1-2,5-6,20H,3-4H2,(H,18,21)(H3,13,15,16,17). The van der Waals surface area contributed by atoms with Crippen LogP contribution in [0.4, 0.5) is 17.7 Å². The molecule has 7 rings (SSSR count). The number of furan rings is 2. The number of nitrogens with one attached hydrogen (secondary N) is 2. The van der Waals surface area contributed by atoms with Gasteiger partial charge >= 0.3 is 5.91 Å². The predicted octanol–water partition coefficient (Wildman–Crippen LogP) is 1.48. The Balaban J connectivity index is 0.000000153. The lowest BCUT2D eigenvalue weighted by Crippen LogP contribution is -2.29. The molecule has 1 amide bonds. The molecule has 43 heavy (non-hydrogen) atoms. The lowest BCUT2D eigenvalue weighted by molar-refractivity contribution is 0.0935. The lowest BCUT2D eigenvalue weighted by atomic mass is 10.4. The van der Waals surface area contributed by atoms with Crippen molar-refractivity contribution in [2.24, 2.45) is 0 Å². The largest absolute Gasteiger partial charge is 0.461 e. The zero-order valence-corrected chi connectivity index (χ0v) is 22.7. The molecule has 0 fully saturated rings. The number of hydrazine groups is 1. The van der Waals surface area contributed by atoms with Gasteiger partial charge in [-0.15, -0.1) is 5.10 Å². The molecule has 18 heteroatoms. The third-order valence-corrected chi connectivity index (χ3v) is 6.14. The number of anilines is 3. The van der Waals surface area contributed by atoms with E-state index in [1.165, 1.54) is 27.7 Å². The molecule has 0 radical (unpaired) electrons. The second-order valence-corrected chi connectivity index (χ2v) is 9.04. The van der Waals surface area contributed by atoms with Crippen LogP contribution in [-0.2, 0) is 13.1 Å². The van der Waals surface area contributed by atoms with Gasteiger partial charge in [-0.2, -0.15) is 29.7 Å². The highest BCUT2D eigenvalue weighted by Crippen LogP contribution is 2.24. The van der Waals surface area contributed by atoms with E-state index in [4.69, 9.17) is 25.4 Å². The monoisotopic (exact) mass is 586 g/mol. The van der Waals surface area contributed by atoms with Gasteiger partial charge in [0.15, 0.2) is 34.3 Å². The van der Waals surface area contributed by atoms with Gasteiger partial charge < -0.3 is 25.4 Å². The maximum absolute atomic E-state index is 11.8. The van der Waals surface area contributed by atoms with E-state index in [9.17, 15) is 4.79 Å². The molecule has 0 unspecified atom stereocenters. The molecule has 0 aromatic carbocycles. The summed E-state index contributed by atoms with van der Waals surface area (Å²) < 4.78 is 15.1. The summed E-state index contributed by atoms with van der Waals surface area (Å²) in [5, 5.41) is 23.2. The fourth-order valence-corrected chi connectivity index (χ4v) is 4.25. The summed E-state index contributed by atoms with van der Waals surface area (Å²) in [7, 11) is 0. The minimum Gasteiger partial charge on any atom is -0.461 e. The van der Waals surface area contributed by atoms with Gasteiger partial charge in [0, 0.05) is 6.54 Å². The second-order valence-electron chi connectivity index (χ2n) is 9.04. The fourth-order valence-electron chi connectivity index (χ4n) is 4.25. The number of carbonyl (C=O) groups is 1. The molecule has 220 valence electrons. The van der Waals surface area contributed by atoms with Gasteiger partial charge in [-0.25, -0.2) is 14.3 Å². The molecule has 18 nitrogen and oxygen atoms in total. The number of aliphatic hydroxyl groups excluding tert-OH is 1. The maximum atomic E-state index is 11.8. The van der Waals surface area contributed by atoms with Crippen molar-refractivity contribution < 1.29 is 18.7 Å². The summed E-state index contributed by atoms with van der Waals surface area (Å²) in [5.41, 5.74) is 18.6. The van der Waals surface area contributed by atoms with Crippen molar-refractivity contribution in [3.05, 3.63) is 54.9 Å². The van der Waals surface area contributed by atoms with Crippen LogP contribution in [-0.4, -0.2) is 66.7 Å². The van der Waals surface area contributed by atoms with Crippen LogP contribution in [0.15, 0.2) is 58.0 Å². The van der Waals surface area contributed by atoms with Gasteiger partial charge in [0.25, 0.3) is 0 Å². The summed E-state index contributed by atoms with van der Waals surface area (Å²) in [5.74, 6) is 1.35. The smallest absolute Gasteiger partial charge is 0.305 e. The normalized spacial score (nSPS) is 11.2. The van der Waals surface area contributed by atoms with E-state index in [0.29, 0.717) is 34.1 Å². The number of hydrogen-bond acceptors (Lipinski definition) is 14. The first-order chi connectivity index (χ1) is 21.0. The minimum atomic E-state index is -0.460. The van der Waals surface area contributed by atoms with Gasteiger partial charge in [0.2, 0.25) is 17.7 Å². The van der Waals surface area contributed by atoms with Crippen LogP contribution >= 0.6 is 0 Å². The van der Waals surface area contributed by atoms with E-state index >= 15 is 0 Å². The number of nitrogens with zero attached hydrogens (tertiary/aromatic N) is 10. The molecule has 0 saturated heterocycles. The predicted molar refractivity (Wildman–Crippen MR) is 153 cm³/mol. The molecule has 7 heterocycles. The van der Waals surface area contributed by atoms with Gasteiger partial charge in [-0.3, -0.25) is 15.6 Å². The maximum Gasteiger partial charge on any atom is 0.305 e. The molecular formula is C25H26N14O4. The third-order valence-electron chi connectivity index (χ3n) is 6.14. The van der Waals surface area contributed by atoms with Crippen molar-refractivity contribution in [1.82, 2.24) is 54.5 Å². The third kappa shape index (κ3) is 5.24. The number of carbonyl (C=O) groups excluding carboxylic acids is 1. The summed E-state index contributed by atoms with van der Waals surface area (Å²) in [6.45, 7) is 3.06. The van der Waals surface area contributed by atoms with Gasteiger partial charge in [-0.05, 0) is 30.7 Å². The molecule has 7 N–H and O–H groups in total. The Hall–Kier alpha value is -6.04. The van der Waals surface area contributed by atoms with Crippen LogP contribution in [0.25, 0.3) is 39.3 Å². The number of hydrogen-bond donors (Lipinski definition) is 5. The number of aryl methyl sites for hydroxylation is 1. The van der Waals surface area contributed by atoms with E-state index in [0.717, 1.165) is 24.0 Å². The van der Waals surface area contributed by atoms with Crippen LogP contribution < -0.4 is 22.3 Å². The average molecular weight is 587 g/mol. The zero-order valence-electron chi connectivity index (χ0n) is 22.7. The summed E-state index contributed by atoms with van der Waals surface area (Å²) >= 11 is 0. The first-order valence-corrected chi connectivity index (χ1v) is 13.1. The van der Waals surface area contributed by atoms with Crippen molar-refractivity contribution in [1.29, 1.82) is 0 Å². The SMILES string of the molecule is CCCn1ncc2c1nc(N)n1nc(-c3ccco3)nc21.Nc1nc(NNC(=O)c2ccco2)c2cnn(CCO)c2n1. The molecule has 0 spiro atoms. The number of nitrogens with two attached hydrogens (primary N) is 2. The Morgan fingerprint density at radius 1 is 0.930 bits per heavy atom. The molecule has 0 aliphatic heterocycles.